The van der Waals surface area contributed by atoms with Gasteiger partial charge in [-0.3, -0.25) is 4.79 Å². The van der Waals surface area contributed by atoms with Crippen LogP contribution in [0.5, 0.6) is 0 Å². The van der Waals surface area contributed by atoms with Crippen molar-refractivity contribution in [1.82, 2.24) is 9.55 Å². The maximum absolute atomic E-state index is 12.6. The van der Waals surface area contributed by atoms with Crippen LogP contribution in [0.4, 0.5) is 5.69 Å². The molecule has 0 aliphatic carbocycles. The third-order valence-electron chi connectivity index (χ3n) is 6.03. The van der Waals surface area contributed by atoms with Crippen molar-refractivity contribution in [2.24, 2.45) is 5.41 Å². The van der Waals surface area contributed by atoms with Crippen LogP contribution in [-0.4, -0.2) is 26.5 Å². The topological polar surface area (TPSA) is 97.4 Å². The number of nitrogens with zero attached hydrogens (tertiary/aromatic N) is 2. The molecule has 0 saturated heterocycles. The molecule has 0 radical (unpaired) electrons. The average molecular weight is 552 g/mol. The summed E-state index contributed by atoms with van der Waals surface area (Å²) >= 11 is 3.71. The highest BCUT2D eigenvalue weighted by Crippen LogP contribution is 2.41. The number of carboxylic acid groups (broad SMARTS) is 1. The lowest BCUT2D eigenvalue weighted by molar-refractivity contribution is -0.123. The van der Waals surface area contributed by atoms with Crippen LogP contribution < -0.4 is 5.32 Å². The summed E-state index contributed by atoms with van der Waals surface area (Å²) in [6, 6.07) is 13.4. The second-order valence-electron chi connectivity index (χ2n) is 9.93. The SMILES string of the molecule is CCCc1nc(C)c(C(=O)O)n1Cc1ccc2oc(-c3ccccc3NC(=O)C(C)(C)C)c(Br)c2c1. The number of nitrogens with one attached hydrogen (secondary N) is 1. The van der Waals surface area contributed by atoms with Crippen molar-refractivity contribution in [1.29, 1.82) is 0 Å². The van der Waals surface area contributed by atoms with Gasteiger partial charge in [0, 0.05) is 29.3 Å². The van der Waals surface area contributed by atoms with E-state index < -0.39 is 11.4 Å². The molecule has 0 aliphatic rings. The fraction of sp³-hybridized carbons (Fsp3) is 0.321. The number of aromatic nitrogens is 2. The summed E-state index contributed by atoms with van der Waals surface area (Å²) in [6.07, 6.45) is 1.57. The third kappa shape index (κ3) is 4.95. The summed E-state index contributed by atoms with van der Waals surface area (Å²) in [5.41, 5.74) is 3.25. The highest BCUT2D eigenvalue weighted by Gasteiger charge is 2.24. The summed E-state index contributed by atoms with van der Waals surface area (Å²) in [4.78, 5) is 29.1. The first kappa shape index (κ1) is 25.7. The first-order chi connectivity index (χ1) is 17.0. The van der Waals surface area contributed by atoms with Gasteiger partial charge in [-0.1, -0.05) is 45.9 Å². The second kappa shape index (κ2) is 9.93. The minimum absolute atomic E-state index is 0.0859. The van der Waals surface area contributed by atoms with Gasteiger partial charge in [0.1, 0.15) is 11.4 Å². The Balaban J connectivity index is 1.75. The summed E-state index contributed by atoms with van der Waals surface area (Å²) < 4.78 is 8.77. The number of hydrogen-bond donors (Lipinski definition) is 2. The minimum Gasteiger partial charge on any atom is -0.477 e. The van der Waals surface area contributed by atoms with E-state index in [1.165, 1.54) is 0 Å². The highest BCUT2D eigenvalue weighted by atomic mass is 79.9. The first-order valence-corrected chi connectivity index (χ1v) is 12.7. The number of aryl methyl sites for hydroxylation is 2. The summed E-state index contributed by atoms with van der Waals surface area (Å²) in [5.74, 6) is 0.313. The molecule has 7 nitrogen and oxygen atoms in total. The molecule has 8 heteroatoms. The molecule has 1 amide bonds. The van der Waals surface area contributed by atoms with E-state index >= 15 is 0 Å². The Morgan fingerprint density at radius 2 is 1.89 bits per heavy atom. The Morgan fingerprint density at radius 3 is 2.56 bits per heavy atom. The van der Waals surface area contributed by atoms with Crippen LogP contribution in [-0.2, 0) is 17.8 Å². The van der Waals surface area contributed by atoms with Crippen molar-refractivity contribution in [3.05, 3.63) is 69.7 Å². The normalized spacial score (nSPS) is 11.7. The smallest absolute Gasteiger partial charge is 0.354 e. The molecule has 0 spiro atoms. The molecule has 36 heavy (non-hydrogen) atoms. The lowest BCUT2D eigenvalue weighted by atomic mass is 9.95. The Labute approximate surface area is 218 Å². The van der Waals surface area contributed by atoms with Gasteiger partial charge in [-0.15, -0.1) is 0 Å². The van der Waals surface area contributed by atoms with Crippen LogP contribution in [0.2, 0.25) is 0 Å². The number of carbonyl (C=O) groups excluding carboxylic acids is 1. The van der Waals surface area contributed by atoms with Crippen molar-refractivity contribution in [2.45, 2.75) is 54.0 Å². The van der Waals surface area contributed by atoms with E-state index in [1.54, 1.807) is 11.5 Å². The number of hydrogen-bond acceptors (Lipinski definition) is 4. The molecule has 188 valence electrons. The number of amides is 1. The molecule has 2 aromatic carbocycles. The van der Waals surface area contributed by atoms with E-state index in [-0.39, 0.29) is 11.6 Å². The van der Waals surface area contributed by atoms with Crippen LogP contribution in [0.15, 0.2) is 51.4 Å². The van der Waals surface area contributed by atoms with Gasteiger partial charge in [0.2, 0.25) is 5.91 Å². The molecule has 2 heterocycles. The Bertz CT molecular complexity index is 1460. The number of benzene rings is 2. The number of imidazole rings is 1. The van der Waals surface area contributed by atoms with Crippen LogP contribution in [0.25, 0.3) is 22.3 Å². The van der Waals surface area contributed by atoms with Crippen LogP contribution >= 0.6 is 15.9 Å². The van der Waals surface area contributed by atoms with Gasteiger partial charge in [-0.25, -0.2) is 9.78 Å². The predicted molar refractivity (Wildman–Crippen MR) is 144 cm³/mol. The van der Waals surface area contributed by atoms with Gasteiger partial charge in [-0.2, -0.15) is 0 Å². The van der Waals surface area contributed by atoms with Gasteiger partial charge >= 0.3 is 5.97 Å². The molecule has 0 fully saturated rings. The van der Waals surface area contributed by atoms with Crippen molar-refractivity contribution in [3.63, 3.8) is 0 Å². The van der Waals surface area contributed by atoms with E-state index in [2.05, 4.69) is 26.2 Å². The number of fused-ring (bicyclic) bond motifs is 1. The van der Waals surface area contributed by atoms with Crippen LogP contribution in [0.1, 0.15) is 61.7 Å². The zero-order valence-corrected chi connectivity index (χ0v) is 22.7. The first-order valence-electron chi connectivity index (χ1n) is 11.9. The van der Waals surface area contributed by atoms with E-state index in [9.17, 15) is 14.7 Å². The maximum atomic E-state index is 12.6. The molecule has 2 N–H and O–H groups in total. The number of carbonyl (C=O) groups is 2. The molecule has 4 rings (SSSR count). The number of para-hydroxylation sites is 1. The van der Waals surface area contributed by atoms with E-state index in [0.717, 1.165) is 33.2 Å². The Morgan fingerprint density at radius 1 is 1.17 bits per heavy atom. The van der Waals surface area contributed by atoms with Crippen molar-refractivity contribution >= 4 is 44.5 Å². The van der Waals surface area contributed by atoms with Crippen LogP contribution in [0.3, 0.4) is 0 Å². The molecule has 0 aliphatic heterocycles. The highest BCUT2D eigenvalue weighted by molar-refractivity contribution is 9.10. The van der Waals surface area contributed by atoms with Gasteiger partial charge in [0.15, 0.2) is 11.5 Å². The number of aromatic carboxylic acids is 1. The quantitative estimate of drug-likeness (QED) is 0.256. The number of furan rings is 1. The fourth-order valence-corrected chi connectivity index (χ4v) is 4.76. The zero-order chi connectivity index (χ0) is 26.2. The molecular formula is C28H30BrN3O4. The van der Waals surface area contributed by atoms with E-state index in [0.29, 0.717) is 35.7 Å². The van der Waals surface area contributed by atoms with Crippen LogP contribution in [0, 0.1) is 12.3 Å². The lowest BCUT2D eigenvalue weighted by Gasteiger charge is -2.19. The fourth-order valence-electron chi connectivity index (χ4n) is 4.16. The summed E-state index contributed by atoms with van der Waals surface area (Å²) in [5, 5.41) is 13.7. The number of rotatable bonds is 7. The standard InChI is InChI=1S/C28H30BrN3O4/c1-6-9-22-30-16(2)24(26(33)34)32(22)15-17-12-13-21-19(14-17)23(29)25(36-21)18-10-7-8-11-20(18)31-27(35)28(3,4)5/h7-8,10-14H,6,9,15H2,1-5H3,(H,31,35)(H,33,34). The van der Waals surface area contributed by atoms with Gasteiger partial charge in [0.05, 0.1) is 15.9 Å². The average Bonchev–Trinajstić information content (AvgIpc) is 3.30. The maximum Gasteiger partial charge on any atom is 0.354 e. The van der Waals surface area contributed by atoms with Crippen molar-refractivity contribution < 1.29 is 19.1 Å². The summed E-state index contributed by atoms with van der Waals surface area (Å²) in [6.45, 7) is 9.77. The van der Waals surface area contributed by atoms with E-state index in [1.807, 2.05) is 70.2 Å². The van der Waals surface area contributed by atoms with E-state index in [4.69, 9.17) is 4.42 Å². The molecule has 4 aromatic rings. The molecular weight excluding hydrogens is 522 g/mol. The van der Waals surface area contributed by atoms with Crippen molar-refractivity contribution in [2.75, 3.05) is 5.32 Å². The Hall–Kier alpha value is -3.39. The number of anilines is 1. The molecule has 0 bridgehead atoms. The third-order valence-corrected chi connectivity index (χ3v) is 6.82. The summed E-state index contributed by atoms with van der Waals surface area (Å²) in [7, 11) is 0. The zero-order valence-electron chi connectivity index (χ0n) is 21.1. The second-order valence-corrected chi connectivity index (χ2v) is 10.7. The van der Waals surface area contributed by atoms with Gasteiger partial charge in [0.25, 0.3) is 0 Å². The van der Waals surface area contributed by atoms with Gasteiger partial charge < -0.3 is 19.4 Å². The molecule has 2 aromatic heterocycles. The molecule has 0 unspecified atom stereocenters. The largest absolute Gasteiger partial charge is 0.477 e. The molecule has 0 atom stereocenters. The lowest BCUT2D eigenvalue weighted by Crippen LogP contribution is -2.27. The monoisotopic (exact) mass is 551 g/mol. The number of carboxylic acids is 1. The number of halogens is 1. The molecule has 0 saturated carbocycles. The van der Waals surface area contributed by atoms with Gasteiger partial charge in [-0.05, 0) is 59.1 Å². The predicted octanol–water partition coefficient (Wildman–Crippen LogP) is 7.05. The Kier molecular flexibility index (Phi) is 7.09. The van der Waals surface area contributed by atoms with Crippen molar-refractivity contribution in [3.8, 4) is 11.3 Å². The minimum atomic E-state index is -0.982.